The fourth-order valence-corrected chi connectivity index (χ4v) is 7.07. The predicted molar refractivity (Wildman–Crippen MR) is 142 cm³/mol. The Hall–Kier alpha value is -3.44. The number of thiophene rings is 1. The zero-order valence-corrected chi connectivity index (χ0v) is 21.9. The molecule has 4 aromatic heterocycles. The van der Waals surface area contributed by atoms with Crippen molar-refractivity contribution < 1.29 is 18.7 Å². The Morgan fingerprint density at radius 2 is 1.95 bits per heavy atom. The van der Waals surface area contributed by atoms with E-state index in [1.807, 2.05) is 30.4 Å². The van der Waals surface area contributed by atoms with Crippen LogP contribution in [0.15, 0.2) is 29.9 Å². The Kier molecular flexibility index (Phi) is 6.35. The number of halogens is 2. The fraction of sp³-hybridized carbons (Fsp3) is 0.407. The number of fused-ring (bicyclic) bond motifs is 4. The Bertz CT molecular complexity index is 1510. The van der Waals surface area contributed by atoms with Crippen LogP contribution in [-0.4, -0.2) is 56.0 Å². The van der Waals surface area contributed by atoms with Crippen LogP contribution in [0.5, 0.6) is 0 Å². The number of aromatic amines is 1. The lowest BCUT2D eigenvalue weighted by molar-refractivity contribution is -0.148. The minimum absolute atomic E-state index is 0.0344. The van der Waals surface area contributed by atoms with Crippen molar-refractivity contribution in [2.45, 2.75) is 38.3 Å². The van der Waals surface area contributed by atoms with Crippen LogP contribution in [0.2, 0.25) is 0 Å². The molecule has 0 unspecified atom stereocenters. The molecule has 3 saturated carbocycles. The number of carboxylic acid groups (broad SMARTS) is 1. The van der Waals surface area contributed by atoms with Crippen LogP contribution in [-0.2, 0) is 11.3 Å². The van der Waals surface area contributed by atoms with Crippen LogP contribution in [0.25, 0.3) is 33.7 Å². The Morgan fingerprint density at radius 3 is 2.68 bits per heavy atom. The lowest BCUT2D eigenvalue weighted by atomic mass is 9.61. The van der Waals surface area contributed by atoms with Crippen LogP contribution in [0.1, 0.15) is 30.6 Å². The van der Waals surface area contributed by atoms with Gasteiger partial charge in [-0.3, -0.25) is 4.79 Å². The first-order chi connectivity index (χ1) is 18.3. The highest BCUT2D eigenvalue weighted by Gasteiger charge is 2.47. The number of nitrogens with zero attached hydrogens (tertiary/aromatic N) is 4. The van der Waals surface area contributed by atoms with Gasteiger partial charge in [0, 0.05) is 45.6 Å². The van der Waals surface area contributed by atoms with Crippen molar-refractivity contribution in [3.63, 3.8) is 0 Å². The number of carbonyl (C=O) groups is 1. The lowest BCUT2D eigenvalue weighted by Gasteiger charge is -2.47. The van der Waals surface area contributed by atoms with Gasteiger partial charge in [0.1, 0.15) is 17.2 Å². The van der Waals surface area contributed by atoms with Crippen LogP contribution in [0, 0.1) is 29.4 Å². The molecule has 4 heterocycles. The second-order valence-electron chi connectivity index (χ2n) is 10.6. The summed E-state index contributed by atoms with van der Waals surface area (Å²) in [5, 5.41) is 15.6. The van der Waals surface area contributed by atoms with Gasteiger partial charge >= 0.3 is 5.97 Å². The standard InChI is InChI=1S/C27H28F2N6O2S/c1-35(2)11-17-7-15(12-38-17)23-21(29)26(32-22-14-5-3-13(4-6-14)20(22)27(36)37)34-25(33-23)19-10-31-24-18(19)8-16(28)9-30-24/h7-10,12-14,20,22H,3-6,11H2,1-2H3,(H,30,31)(H,36,37)(H,32,33,34)/t13?,14?,20-,22-/m0/s1. The molecule has 0 spiro atoms. The van der Waals surface area contributed by atoms with Gasteiger partial charge in [-0.05, 0) is 63.7 Å². The summed E-state index contributed by atoms with van der Waals surface area (Å²) in [4.78, 5) is 31.5. The van der Waals surface area contributed by atoms with Gasteiger partial charge in [0.05, 0.1) is 12.1 Å². The summed E-state index contributed by atoms with van der Waals surface area (Å²) >= 11 is 1.51. The van der Waals surface area contributed by atoms with E-state index in [2.05, 4.69) is 25.3 Å². The number of aromatic nitrogens is 4. The van der Waals surface area contributed by atoms with Gasteiger partial charge in [-0.15, -0.1) is 11.3 Å². The Morgan fingerprint density at radius 1 is 1.18 bits per heavy atom. The molecule has 0 saturated heterocycles. The Labute approximate surface area is 222 Å². The van der Waals surface area contributed by atoms with Crippen molar-refractivity contribution in [3.8, 4) is 22.6 Å². The van der Waals surface area contributed by atoms with E-state index in [9.17, 15) is 14.3 Å². The SMILES string of the molecule is CN(C)Cc1cc(-c2nc(-c3c[nH]c4ncc(F)cc34)nc(N[C@H]3C4CCC(CC4)[C@@H]3C(=O)O)c2F)cs1. The first-order valence-corrected chi connectivity index (χ1v) is 13.6. The monoisotopic (exact) mass is 538 g/mol. The van der Waals surface area contributed by atoms with Crippen LogP contribution in [0.4, 0.5) is 14.6 Å². The summed E-state index contributed by atoms with van der Waals surface area (Å²) in [6, 6.07) is 2.82. The van der Waals surface area contributed by atoms with Crippen molar-refractivity contribution >= 4 is 34.2 Å². The average molecular weight is 539 g/mol. The summed E-state index contributed by atoms with van der Waals surface area (Å²) in [5.41, 5.74) is 1.68. The highest BCUT2D eigenvalue weighted by Crippen LogP contribution is 2.47. The molecule has 7 rings (SSSR count). The molecule has 0 amide bonds. The molecule has 2 bridgehead atoms. The number of hydrogen-bond acceptors (Lipinski definition) is 7. The molecule has 3 N–H and O–H groups in total. The molecule has 8 nitrogen and oxygen atoms in total. The third-order valence-corrected chi connectivity index (χ3v) is 8.72. The van der Waals surface area contributed by atoms with Crippen LogP contribution >= 0.6 is 11.3 Å². The molecule has 3 fully saturated rings. The highest BCUT2D eigenvalue weighted by atomic mass is 32.1. The molecule has 38 heavy (non-hydrogen) atoms. The third kappa shape index (κ3) is 4.43. The number of carboxylic acids is 1. The maximum atomic E-state index is 16.1. The maximum absolute atomic E-state index is 16.1. The van der Waals surface area contributed by atoms with E-state index < -0.39 is 29.6 Å². The quantitative estimate of drug-likeness (QED) is 0.290. The van der Waals surface area contributed by atoms with Gasteiger partial charge in [0.25, 0.3) is 0 Å². The molecule has 2 atom stereocenters. The van der Waals surface area contributed by atoms with E-state index in [4.69, 9.17) is 0 Å². The zero-order valence-electron chi connectivity index (χ0n) is 21.0. The predicted octanol–water partition coefficient (Wildman–Crippen LogP) is 5.39. The van der Waals surface area contributed by atoms with Gasteiger partial charge < -0.3 is 20.3 Å². The fourth-order valence-electron chi connectivity index (χ4n) is 6.09. The van der Waals surface area contributed by atoms with E-state index in [0.717, 1.165) is 36.8 Å². The number of anilines is 1. The first-order valence-electron chi connectivity index (χ1n) is 12.7. The summed E-state index contributed by atoms with van der Waals surface area (Å²) in [6.45, 7) is 0.703. The summed E-state index contributed by atoms with van der Waals surface area (Å²) in [5.74, 6) is -2.25. The summed E-state index contributed by atoms with van der Waals surface area (Å²) < 4.78 is 30.2. The van der Waals surface area contributed by atoms with E-state index in [1.165, 1.54) is 17.4 Å². The molecule has 0 radical (unpaired) electrons. The van der Waals surface area contributed by atoms with Gasteiger partial charge in [-0.25, -0.2) is 23.7 Å². The van der Waals surface area contributed by atoms with Crippen LogP contribution < -0.4 is 5.32 Å². The molecule has 3 aliphatic carbocycles. The maximum Gasteiger partial charge on any atom is 0.308 e. The van der Waals surface area contributed by atoms with E-state index in [-0.39, 0.29) is 29.2 Å². The minimum Gasteiger partial charge on any atom is -0.481 e. The molecule has 11 heteroatoms. The summed E-state index contributed by atoms with van der Waals surface area (Å²) in [6.07, 6.45) is 6.31. The van der Waals surface area contributed by atoms with E-state index in [1.54, 1.807) is 6.20 Å². The van der Waals surface area contributed by atoms with Crippen molar-refractivity contribution in [1.82, 2.24) is 24.8 Å². The lowest BCUT2D eigenvalue weighted by Crippen LogP contribution is -2.51. The average Bonchev–Trinajstić information content (AvgIpc) is 3.52. The van der Waals surface area contributed by atoms with Crippen molar-refractivity contribution in [2.75, 3.05) is 19.4 Å². The normalized spacial score (nSPS) is 22.9. The number of aliphatic carboxylic acids is 1. The minimum atomic E-state index is -0.865. The molecule has 3 aliphatic rings. The van der Waals surface area contributed by atoms with Gasteiger partial charge in [-0.2, -0.15) is 0 Å². The number of H-pyrrole nitrogens is 1. The Balaban J connectivity index is 1.48. The van der Waals surface area contributed by atoms with Gasteiger partial charge in [0.2, 0.25) is 0 Å². The van der Waals surface area contributed by atoms with Crippen molar-refractivity contribution in [3.05, 3.63) is 46.4 Å². The van der Waals surface area contributed by atoms with Crippen LogP contribution in [0.3, 0.4) is 0 Å². The smallest absolute Gasteiger partial charge is 0.308 e. The second kappa shape index (κ2) is 9.70. The third-order valence-electron chi connectivity index (χ3n) is 7.80. The number of hydrogen-bond donors (Lipinski definition) is 3. The van der Waals surface area contributed by atoms with Gasteiger partial charge in [-0.1, -0.05) is 0 Å². The van der Waals surface area contributed by atoms with Crippen molar-refractivity contribution in [1.29, 1.82) is 0 Å². The highest BCUT2D eigenvalue weighted by molar-refractivity contribution is 7.10. The largest absolute Gasteiger partial charge is 0.481 e. The molecule has 198 valence electrons. The summed E-state index contributed by atoms with van der Waals surface area (Å²) in [7, 11) is 3.93. The first kappa shape index (κ1) is 24.9. The number of pyridine rings is 1. The van der Waals surface area contributed by atoms with E-state index >= 15 is 4.39 Å². The second-order valence-corrected chi connectivity index (χ2v) is 11.6. The molecule has 0 aliphatic heterocycles. The zero-order chi connectivity index (χ0) is 26.6. The number of rotatable bonds is 7. The number of nitrogens with one attached hydrogen (secondary N) is 2. The molecule has 0 aromatic carbocycles. The molecular formula is C27H28F2N6O2S. The topological polar surface area (TPSA) is 107 Å². The molecule has 4 aromatic rings. The van der Waals surface area contributed by atoms with Crippen molar-refractivity contribution in [2.24, 2.45) is 17.8 Å². The van der Waals surface area contributed by atoms with Gasteiger partial charge in [0.15, 0.2) is 17.5 Å². The van der Waals surface area contributed by atoms with E-state index in [0.29, 0.717) is 28.7 Å². The molecular weight excluding hydrogens is 510 g/mol.